The van der Waals surface area contributed by atoms with Crippen LogP contribution in [0.25, 0.3) is 17.1 Å². The van der Waals surface area contributed by atoms with Crippen molar-refractivity contribution in [3.63, 3.8) is 0 Å². The van der Waals surface area contributed by atoms with Crippen LogP contribution in [0.4, 0.5) is 11.5 Å². The molecule has 28 heavy (non-hydrogen) atoms. The zero-order valence-corrected chi connectivity index (χ0v) is 15.3. The van der Waals surface area contributed by atoms with Crippen molar-refractivity contribution in [3.8, 4) is 0 Å². The summed E-state index contributed by atoms with van der Waals surface area (Å²) >= 11 is 0. The van der Waals surface area contributed by atoms with Crippen molar-refractivity contribution in [1.29, 1.82) is 0 Å². The Morgan fingerprint density at radius 2 is 1.86 bits per heavy atom. The maximum atomic E-state index is 12.5. The highest BCUT2D eigenvalue weighted by molar-refractivity contribution is 5.94. The lowest BCUT2D eigenvalue weighted by molar-refractivity contribution is 0.0695. The van der Waals surface area contributed by atoms with E-state index in [4.69, 9.17) is 0 Å². The molecule has 0 amide bonds. The third-order valence-corrected chi connectivity index (χ3v) is 5.06. The lowest BCUT2D eigenvalue weighted by atomic mass is 10.1. The summed E-state index contributed by atoms with van der Waals surface area (Å²) in [5.41, 5.74) is 0.900. The van der Waals surface area contributed by atoms with Gasteiger partial charge in [-0.2, -0.15) is 0 Å². The number of carboxylic acids is 1. The zero-order chi connectivity index (χ0) is 19.7. The van der Waals surface area contributed by atoms with Gasteiger partial charge in [0.25, 0.3) is 0 Å². The van der Waals surface area contributed by atoms with Crippen molar-refractivity contribution in [1.82, 2.24) is 9.55 Å². The number of benzene rings is 1. The Balaban J connectivity index is 1.64. The summed E-state index contributed by atoms with van der Waals surface area (Å²) in [6.07, 6.45) is 4.63. The second-order valence-electron chi connectivity index (χ2n) is 6.63. The predicted octanol–water partition coefficient (Wildman–Crippen LogP) is 2.52. The normalized spacial score (nSPS) is 14.3. The zero-order valence-electron chi connectivity index (χ0n) is 15.3. The molecule has 0 unspecified atom stereocenters. The molecule has 7 heteroatoms. The fraction of sp³-hybridized carbons (Fsp3) is 0.190. The third kappa shape index (κ3) is 3.11. The molecule has 4 rings (SSSR count). The monoisotopic (exact) mass is 376 g/mol. The van der Waals surface area contributed by atoms with Gasteiger partial charge in [0.1, 0.15) is 11.4 Å². The Labute approximate surface area is 161 Å². The van der Waals surface area contributed by atoms with Gasteiger partial charge in [-0.25, -0.2) is 9.78 Å². The number of nitrogens with zero attached hydrogens (tertiary/aromatic N) is 4. The Morgan fingerprint density at radius 3 is 2.50 bits per heavy atom. The Kier molecular flexibility index (Phi) is 4.57. The number of carboxylic acid groups (broad SMARTS) is 1. The number of anilines is 2. The van der Waals surface area contributed by atoms with Gasteiger partial charge in [-0.1, -0.05) is 12.6 Å². The number of hydrogen-bond donors (Lipinski definition) is 1. The molecule has 0 radical (unpaired) electrons. The van der Waals surface area contributed by atoms with Gasteiger partial charge in [0.05, 0.1) is 5.52 Å². The molecule has 0 spiro atoms. The Morgan fingerprint density at radius 1 is 1.11 bits per heavy atom. The fourth-order valence-electron chi connectivity index (χ4n) is 3.57. The molecule has 1 aromatic carbocycles. The van der Waals surface area contributed by atoms with E-state index in [-0.39, 0.29) is 5.56 Å². The highest BCUT2D eigenvalue weighted by atomic mass is 16.4. The second kappa shape index (κ2) is 7.19. The summed E-state index contributed by atoms with van der Waals surface area (Å²) in [6.45, 7) is 7.09. The van der Waals surface area contributed by atoms with E-state index in [1.807, 2.05) is 30.3 Å². The number of fused-ring (bicyclic) bond motifs is 1. The molecule has 0 bridgehead atoms. The molecule has 1 aliphatic heterocycles. The van der Waals surface area contributed by atoms with Crippen LogP contribution in [0.2, 0.25) is 0 Å². The van der Waals surface area contributed by atoms with E-state index >= 15 is 0 Å². The lowest BCUT2D eigenvalue weighted by Crippen LogP contribution is -2.46. The van der Waals surface area contributed by atoms with Gasteiger partial charge in [-0.05, 0) is 30.3 Å². The Bertz CT molecular complexity index is 1100. The number of rotatable bonds is 4. The minimum atomic E-state index is -1.24. The summed E-state index contributed by atoms with van der Waals surface area (Å²) in [4.78, 5) is 32.7. The highest BCUT2D eigenvalue weighted by Crippen LogP contribution is 2.23. The van der Waals surface area contributed by atoms with Crippen molar-refractivity contribution < 1.29 is 9.90 Å². The second-order valence-corrected chi connectivity index (χ2v) is 6.63. The van der Waals surface area contributed by atoms with Crippen molar-refractivity contribution in [2.45, 2.75) is 0 Å². The molecule has 1 aliphatic rings. The van der Waals surface area contributed by atoms with Gasteiger partial charge in [0, 0.05) is 55.8 Å². The van der Waals surface area contributed by atoms with Crippen molar-refractivity contribution >= 4 is 34.6 Å². The van der Waals surface area contributed by atoms with Gasteiger partial charge in [-0.15, -0.1) is 0 Å². The molecule has 0 atom stereocenters. The molecular formula is C21H20N4O3. The number of hydrogen-bond acceptors (Lipinski definition) is 5. The van der Waals surface area contributed by atoms with Crippen LogP contribution in [-0.4, -0.2) is 46.8 Å². The number of pyridine rings is 2. The summed E-state index contributed by atoms with van der Waals surface area (Å²) in [5.74, 6) is -0.264. The van der Waals surface area contributed by atoms with Crippen LogP contribution in [0.1, 0.15) is 10.4 Å². The molecule has 7 nitrogen and oxygen atoms in total. The minimum Gasteiger partial charge on any atom is -0.477 e. The maximum absolute atomic E-state index is 12.5. The number of aromatic carboxylic acids is 1. The molecule has 1 saturated heterocycles. The predicted molar refractivity (Wildman–Crippen MR) is 110 cm³/mol. The first kappa shape index (κ1) is 17.8. The van der Waals surface area contributed by atoms with Crippen LogP contribution < -0.4 is 15.2 Å². The van der Waals surface area contributed by atoms with Gasteiger partial charge >= 0.3 is 5.97 Å². The van der Waals surface area contributed by atoms with E-state index in [1.165, 1.54) is 12.4 Å². The van der Waals surface area contributed by atoms with E-state index in [0.29, 0.717) is 10.9 Å². The first-order chi connectivity index (χ1) is 13.6. The topological polar surface area (TPSA) is 78.7 Å². The van der Waals surface area contributed by atoms with Crippen LogP contribution in [0.5, 0.6) is 0 Å². The van der Waals surface area contributed by atoms with Gasteiger partial charge in [0.2, 0.25) is 5.43 Å². The standard InChI is InChI=1S/C21H20N4O3/c1-2-23-14-17(21(27)28)20(26)16-7-6-15(13-18(16)23)24-9-11-25(12-10-24)19-5-3-4-8-22-19/h2-8,13-14H,1,9-12H2,(H,27,28). The first-order valence-electron chi connectivity index (χ1n) is 9.04. The molecular weight excluding hydrogens is 356 g/mol. The van der Waals surface area contributed by atoms with Gasteiger partial charge in [0.15, 0.2) is 0 Å². The highest BCUT2D eigenvalue weighted by Gasteiger charge is 2.20. The quantitative estimate of drug-likeness (QED) is 0.754. The average molecular weight is 376 g/mol. The van der Waals surface area contributed by atoms with Crippen LogP contribution in [0.3, 0.4) is 0 Å². The summed E-state index contributed by atoms with van der Waals surface area (Å²) < 4.78 is 1.59. The Hall–Kier alpha value is -3.61. The van der Waals surface area contributed by atoms with Crippen LogP contribution in [0, 0.1) is 0 Å². The SMILES string of the molecule is C=Cn1cc(C(=O)O)c(=O)c2ccc(N3CCN(c4ccccn4)CC3)cc21. The van der Waals surface area contributed by atoms with Gasteiger partial charge in [-0.3, -0.25) is 4.79 Å². The van der Waals surface area contributed by atoms with E-state index < -0.39 is 11.4 Å². The largest absolute Gasteiger partial charge is 0.477 e. The summed E-state index contributed by atoms with van der Waals surface area (Å²) in [6, 6.07) is 11.4. The average Bonchev–Trinajstić information content (AvgIpc) is 2.74. The number of carbonyl (C=O) groups is 1. The van der Waals surface area contributed by atoms with E-state index in [1.54, 1.807) is 16.8 Å². The maximum Gasteiger partial charge on any atom is 0.341 e. The smallest absolute Gasteiger partial charge is 0.341 e. The van der Waals surface area contributed by atoms with Crippen molar-refractivity contribution in [2.24, 2.45) is 0 Å². The van der Waals surface area contributed by atoms with E-state index in [9.17, 15) is 14.7 Å². The third-order valence-electron chi connectivity index (χ3n) is 5.06. The fourth-order valence-corrected chi connectivity index (χ4v) is 3.57. The molecule has 3 aromatic rings. The number of piperazine rings is 1. The molecule has 142 valence electrons. The van der Waals surface area contributed by atoms with Crippen molar-refractivity contribution in [2.75, 3.05) is 36.0 Å². The molecule has 0 aliphatic carbocycles. The minimum absolute atomic E-state index is 0.260. The van der Waals surface area contributed by atoms with Gasteiger partial charge < -0.3 is 19.5 Å². The van der Waals surface area contributed by atoms with Crippen LogP contribution in [-0.2, 0) is 0 Å². The summed E-state index contributed by atoms with van der Waals surface area (Å²) in [7, 11) is 0. The molecule has 1 N–H and O–H groups in total. The number of aromatic nitrogens is 2. The molecule has 0 saturated carbocycles. The lowest BCUT2D eigenvalue weighted by Gasteiger charge is -2.36. The van der Waals surface area contributed by atoms with E-state index in [2.05, 4.69) is 21.4 Å². The molecule has 2 aromatic heterocycles. The van der Waals surface area contributed by atoms with E-state index in [0.717, 1.165) is 37.7 Å². The van der Waals surface area contributed by atoms with Crippen LogP contribution in [0.15, 0.2) is 60.2 Å². The van der Waals surface area contributed by atoms with Crippen molar-refractivity contribution in [3.05, 3.63) is 71.2 Å². The molecule has 1 fully saturated rings. The van der Waals surface area contributed by atoms with Crippen LogP contribution >= 0.6 is 0 Å². The molecule has 3 heterocycles. The first-order valence-corrected chi connectivity index (χ1v) is 9.04. The summed E-state index contributed by atoms with van der Waals surface area (Å²) in [5, 5.41) is 9.63.